The molecule has 0 N–H and O–H groups in total. The maximum atomic E-state index is 5.28. The molecule has 0 bridgehead atoms. The minimum atomic E-state index is 0.683. The Labute approximate surface area is 116 Å². The van der Waals surface area contributed by atoms with E-state index in [4.69, 9.17) is 11.2 Å². The van der Waals surface area contributed by atoms with Gasteiger partial charge in [-0.1, -0.05) is 50.2 Å². The summed E-state index contributed by atoms with van der Waals surface area (Å²) in [6.45, 7) is 4.00. The van der Waals surface area contributed by atoms with Crippen molar-refractivity contribution < 1.29 is 4.74 Å². The Hall–Kier alpha value is -2.20. The first-order valence-electron chi connectivity index (χ1n) is 6.50. The van der Waals surface area contributed by atoms with Gasteiger partial charge in [-0.25, -0.2) is 0 Å². The van der Waals surface area contributed by atoms with Crippen LogP contribution in [0.25, 0.3) is 11.1 Å². The van der Waals surface area contributed by atoms with Gasteiger partial charge in [0.05, 0.1) is 7.11 Å². The maximum absolute atomic E-state index is 5.28. The van der Waals surface area contributed by atoms with Crippen LogP contribution >= 0.6 is 0 Å². The zero-order valence-electron chi connectivity index (χ0n) is 11.8. The summed E-state index contributed by atoms with van der Waals surface area (Å²) >= 11 is 0. The third-order valence-corrected chi connectivity index (χ3v) is 2.68. The summed E-state index contributed by atoms with van der Waals surface area (Å²) in [5, 5.41) is 0. The van der Waals surface area contributed by atoms with Crippen molar-refractivity contribution in [2.45, 2.75) is 20.3 Å². The van der Waals surface area contributed by atoms with Crippen LogP contribution < -0.4 is 4.74 Å². The van der Waals surface area contributed by atoms with Crippen LogP contribution in [-0.2, 0) is 6.42 Å². The molecule has 0 aliphatic rings. The number of terminal acetylenes is 1. The summed E-state index contributed by atoms with van der Waals surface area (Å²) in [6.07, 6.45) is 5.96. The van der Waals surface area contributed by atoms with E-state index in [1.807, 2.05) is 26.0 Å². The summed E-state index contributed by atoms with van der Waals surface area (Å²) in [5.74, 6) is 3.51. The third-order valence-electron chi connectivity index (χ3n) is 2.68. The van der Waals surface area contributed by atoms with E-state index in [0.29, 0.717) is 6.42 Å². The van der Waals surface area contributed by atoms with Gasteiger partial charge in [0.2, 0.25) is 0 Å². The van der Waals surface area contributed by atoms with Crippen LogP contribution in [0.1, 0.15) is 19.4 Å². The fraction of sp³-hybridized carbons (Fsp3) is 0.222. The molecule has 0 aliphatic heterocycles. The van der Waals surface area contributed by atoms with Gasteiger partial charge in [0.25, 0.3) is 0 Å². The molecule has 0 amide bonds. The van der Waals surface area contributed by atoms with Gasteiger partial charge in [-0.05, 0) is 28.8 Å². The van der Waals surface area contributed by atoms with Crippen molar-refractivity contribution in [3.8, 4) is 29.2 Å². The molecule has 19 heavy (non-hydrogen) atoms. The standard InChI is InChI=1S/C16H14O.C2H6/c1-3-4-13-5-7-14(8-6-13)15-9-11-16(17-2)12-10-15;1-2/h1,5-12H,4H2,2H3;1-2H3. The number of hydrogen-bond donors (Lipinski definition) is 0. The first-order chi connectivity index (χ1) is 9.33. The Kier molecular flexibility index (Phi) is 6.26. The van der Waals surface area contributed by atoms with Crippen molar-refractivity contribution >= 4 is 0 Å². The molecule has 0 saturated heterocycles. The van der Waals surface area contributed by atoms with E-state index in [1.54, 1.807) is 7.11 Å². The Balaban J connectivity index is 0.000000861. The Morgan fingerprint density at radius 2 is 1.37 bits per heavy atom. The van der Waals surface area contributed by atoms with Crippen LogP contribution in [0.15, 0.2) is 48.5 Å². The average molecular weight is 252 g/mol. The highest BCUT2D eigenvalue weighted by Gasteiger charge is 1.98. The van der Waals surface area contributed by atoms with E-state index in [-0.39, 0.29) is 0 Å². The van der Waals surface area contributed by atoms with E-state index < -0.39 is 0 Å². The number of hydrogen-bond acceptors (Lipinski definition) is 1. The normalized spacial score (nSPS) is 8.95. The number of benzene rings is 2. The van der Waals surface area contributed by atoms with Crippen LogP contribution in [0.2, 0.25) is 0 Å². The average Bonchev–Trinajstić information content (AvgIpc) is 2.51. The molecule has 0 aliphatic carbocycles. The van der Waals surface area contributed by atoms with E-state index >= 15 is 0 Å². The van der Waals surface area contributed by atoms with Crippen LogP contribution in [-0.4, -0.2) is 7.11 Å². The fourth-order valence-electron chi connectivity index (χ4n) is 1.72. The molecule has 0 spiro atoms. The molecule has 0 heterocycles. The monoisotopic (exact) mass is 252 g/mol. The van der Waals surface area contributed by atoms with Gasteiger partial charge in [-0.2, -0.15) is 0 Å². The van der Waals surface area contributed by atoms with Gasteiger partial charge in [-0.15, -0.1) is 12.3 Å². The highest BCUT2D eigenvalue weighted by molar-refractivity contribution is 5.64. The summed E-state index contributed by atoms with van der Waals surface area (Å²) < 4.78 is 5.13. The molecule has 0 radical (unpaired) electrons. The van der Waals surface area contributed by atoms with Gasteiger partial charge in [0.15, 0.2) is 0 Å². The SMILES string of the molecule is C#CCc1ccc(-c2ccc(OC)cc2)cc1.CC. The fourth-order valence-corrected chi connectivity index (χ4v) is 1.72. The quantitative estimate of drug-likeness (QED) is 0.727. The van der Waals surface area contributed by atoms with Gasteiger partial charge < -0.3 is 4.74 Å². The summed E-state index contributed by atoms with van der Waals surface area (Å²) in [6, 6.07) is 16.3. The highest BCUT2D eigenvalue weighted by atomic mass is 16.5. The van der Waals surface area contributed by atoms with Crippen LogP contribution in [0.4, 0.5) is 0 Å². The number of methoxy groups -OCH3 is 1. The lowest BCUT2D eigenvalue weighted by molar-refractivity contribution is 0.415. The third kappa shape index (κ3) is 4.19. The second-order valence-corrected chi connectivity index (χ2v) is 3.81. The Morgan fingerprint density at radius 1 is 0.895 bits per heavy atom. The topological polar surface area (TPSA) is 9.23 Å². The molecule has 0 aromatic heterocycles. The van der Waals surface area contributed by atoms with Gasteiger partial charge in [0.1, 0.15) is 5.75 Å². The Bertz CT molecular complexity index is 515. The molecular formula is C18H20O. The van der Waals surface area contributed by atoms with Crippen molar-refractivity contribution in [1.29, 1.82) is 0 Å². The predicted octanol–water partition coefficient (Wildman–Crippen LogP) is 4.56. The molecule has 2 aromatic carbocycles. The smallest absolute Gasteiger partial charge is 0.118 e. The molecular weight excluding hydrogens is 232 g/mol. The van der Waals surface area contributed by atoms with E-state index in [9.17, 15) is 0 Å². The molecule has 2 aromatic rings. The summed E-state index contributed by atoms with van der Waals surface area (Å²) in [4.78, 5) is 0. The lowest BCUT2D eigenvalue weighted by Crippen LogP contribution is -1.84. The zero-order chi connectivity index (χ0) is 14.1. The highest BCUT2D eigenvalue weighted by Crippen LogP contribution is 2.22. The minimum absolute atomic E-state index is 0.683. The van der Waals surface area contributed by atoms with Crippen molar-refractivity contribution in [3.63, 3.8) is 0 Å². The largest absolute Gasteiger partial charge is 0.497 e. The molecule has 98 valence electrons. The second-order valence-electron chi connectivity index (χ2n) is 3.81. The summed E-state index contributed by atoms with van der Waals surface area (Å²) in [5.41, 5.74) is 3.54. The van der Waals surface area contributed by atoms with Gasteiger partial charge in [0, 0.05) is 6.42 Å². The van der Waals surface area contributed by atoms with Crippen molar-refractivity contribution in [2.24, 2.45) is 0 Å². The molecule has 1 heteroatoms. The minimum Gasteiger partial charge on any atom is -0.497 e. The number of ether oxygens (including phenoxy) is 1. The first kappa shape index (κ1) is 14.9. The van der Waals surface area contributed by atoms with Crippen LogP contribution in [0.5, 0.6) is 5.75 Å². The second kappa shape index (κ2) is 8.00. The molecule has 2 rings (SSSR count). The first-order valence-corrected chi connectivity index (χ1v) is 6.50. The molecule has 0 atom stereocenters. The van der Waals surface area contributed by atoms with E-state index in [2.05, 4.69) is 42.3 Å². The molecule has 0 saturated carbocycles. The summed E-state index contributed by atoms with van der Waals surface area (Å²) in [7, 11) is 1.67. The van der Waals surface area contributed by atoms with Crippen molar-refractivity contribution in [3.05, 3.63) is 54.1 Å². The molecule has 0 fully saturated rings. The zero-order valence-corrected chi connectivity index (χ0v) is 11.8. The van der Waals surface area contributed by atoms with E-state index in [0.717, 1.165) is 5.75 Å². The lowest BCUT2D eigenvalue weighted by atomic mass is 10.0. The van der Waals surface area contributed by atoms with Crippen LogP contribution in [0.3, 0.4) is 0 Å². The Morgan fingerprint density at radius 3 is 1.79 bits per heavy atom. The van der Waals surface area contributed by atoms with Gasteiger partial charge >= 0.3 is 0 Å². The number of rotatable bonds is 3. The predicted molar refractivity (Wildman–Crippen MR) is 82.3 cm³/mol. The van der Waals surface area contributed by atoms with E-state index in [1.165, 1.54) is 16.7 Å². The van der Waals surface area contributed by atoms with Gasteiger partial charge in [-0.3, -0.25) is 0 Å². The molecule has 1 nitrogen and oxygen atoms in total. The van der Waals surface area contributed by atoms with Crippen molar-refractivity contribution in [2.75, 3.05) is 7.11 Å². The van der Waals surface area contributed by atoms with Crippen LogP contribution in [0, 0.1) is 12.3 Å². The maximum Gasteiger partial charge on any atom is 0.118 e. The lowest BCUT2D eigenvalue weighted by Gasteiger charge is -2.04. The van der Waals surface area contributed by atoms with Crippen molar-refractivity contribution in [1.82, 2.24) is 0 Å². The molecule has 0 unspecified atom stereocenters.